The van der Waals surface area contributed by atoms with E-state index >= 15 is 0 Å². The minimum atomic E-state index is 0.288. The van der Waals surface area contributed by atoms with Crippen LogP contribution < -0.4 is 0 Å². The van der Waals surface area contributed by atoms with E-state index in [0.29, 0.717) is 5.41 Å². The maximum atomic E-state index is 2.52. The Bertz CT molecular complexity index is 838. The van der Waals surface area contributed by atoms with Crippen molar-refractivity contribution in [3.63, 3.8) is 0 Å². The van der Waals surface area contributed by atoms with Gasteiger partial charge in [0.2, 0.25) is 0 Å². The molecule has 1 aromatic rings. The Morgan fingerprint density at radius 2 is 1.44 bits per heavy atom. The molecule has 0 saturated heterocycles. The van der Waals surface area contributed by atoms with Gasteiger partial charge in [0.1, 0.15) is 0 Å². The fourth-order valence-electron chi connectivity index (χ4n) is 5.92. The molecule has 1 atom stereocenters. The van der Waals surface area contributed by atoms with Gasteiger partial charge in [-0.15, -0.1) is 11.8 Å². The molecule has 204 valence electrons. The number of hydrogen-bond acceptors (Lipinski definition) is 1. The van der Waals surface area contributed by atoms with Gasteiger partial charge < -0.3 is 0 Å². The summed E-state index contributed by atoms with van der Waals surface area (Å²) in [4.78, 5) is 1.59. The Kier molecular flexibility index (Phi) is 13.4. The molecule has 3 rings (SSSR count). The number of allylic oxidation sites excluding steroid dienone is 3. The summed E-state index contributed by atoms with van der Waals surface area (Å²) in [5, 5.41) is 2.45. The van der Waals surface area contributed by atoms with Crippen LogP contribution in [-0.2, 0) is 10.8 Å². The zero-order valence-corrected chi connectivity index (χ0v) is 26.1. The summed E-state index contributed by atoms with van der Waals surface area (Å²) < 4.78 is 0. The van der Waals surface area contributed by atoms with Crippen molar-refractivity contribution in [2.24, 2.45) is 5.92 Å². The summed E-state index contributed by atoms with van der Waals surface area (Å²) in [7, 11) is 0. The lowest BCUT2D eigenvalue weighted by Gasteiger charge is -2.42. The molecule has 0 aromatic heterocycles. The monoisotopic (exact) mass is 510 g/mol. The van der Waals surface area contributed by atoms with Crippen molar-refractivity contribution >= 4 is 17.3 Å². The van der Waals surface area contributed by atoms with E-state index in [1.807, 2.05) is 25.6 Å². The summed E-state index contributed by atoms with van der Waals surface area (Å²) in [6, 6.07) is 7.34. The topological polar surface area (TPSA) is 0 Å². The number of fused-ring (bicyclic) bond motifs is 1. The SMILES string of the molecule is CC.CCCCCCC(CC)CCCCCC1=CCC(c2ccc3c(c2)C(C)(C)CCC3(C)C)=CS1. The highest BCUT2D eigenvalue weighted by Crippen LogP contribution is 2.47. The van der Waals surface area contributed by atoms with Crippen LogP contribution in [0.4, 0.5) is 0 Å². The summed E-state index contributed by atoms with van der Waals surface area (Å²) in [6.07, 6.45) is 21.6. The van der Waals surface area contributed by atoms with Gasteiger partial charge in [-0.2, -0.15) is 0 Å². The van der Waals surface area contributed by atoms with Crippen molar-refractivity contribution in [3.8, 4) is 0 Å². The van der Waals surface area contributed by atoms with Crippen LogP contribution in [0.2, 0.25) is 0 Å². The Morgan fingerprint density at radius 1 is 0.806 bits per heavy atom. The zero-order valence-electron chi connectivity index (χ0n) is 25.3. The molecule has 0 spiro atoms. The molecule has 36 heavy (non-hydrogen) atoms. The lowest BCUT2D eigenvalue weighted by atomic mass is 9.63. The van der Waals surface area contributed by atoms with Gasteiger partial charge in [0.05, 0.1) is 0 Å². The van der Waals surface area contributed by atoms with Gasteiger partial charge >= 0.3 is 0 Å². The minimum absolute atomic E-state index is 0.288. The number of thioether (sulfide) groups is 1. The van der Waals surface area contributed by atoms with Gasteiger partial charge in [-0.3, -0.25) is 0 Å². The summed E-state index contributed by atoms with van der Waals surface area (Å²) in [5.74, 6) is 0.970. The Labute approximate surface area is 230 Å². The van der Waals surface area contributed by atoms with E-state index in [0.717, 1.165) is 12.3 Å². The first-order chi connectivity index (χ1) is 17.3. The second-order valence-electron chi connectivity index (χ2n) is 12.4. The fourth-order valence-corrected chi connectivity index (χ4v) is 6.89. The smallest absolute Gasteiger partial charge is 0.00753 e. The molecule has 0 fully saturated rings. The van der Waals surface area contributed by atoms with Crippen LogP contribution in [0.3, 0.4) is 0 Å². The third-order valence-electron chi connectivity index (χ3n) is 8.70. The molecule has 0 amide bonds. The molecule has 0 bridgehead atoms. The van der Waals surface area contributed by atoms with Gasteiger partial charge in [-0.05, 0) is 81.4 Å². The molecular formula is C35H58S. The van der Waals surface area contributed by atoms with Crippen molar-refractivity contribution in [1.29, 1.82) is 0 Å². The zero-order chi connectivity index (χ0) is 26.6. The van der Waals surface area contributed by atoms with Crippen LogP contribution in [0.15, 0.2) is 34.6 Å². The standard InChI is InChI=1S/C33H52S.C2H6/c1-7-9-10-12-15-26(8-2)16-13-11-14-17-29-20-18-28(25-34-29)27-19-21-30-31(24-27)33(5,6)23-22-32(30,3)4;1-2/h19-21,24-26H,7-18,22-23H2,1-6H3;1-2H3. The molecule has 1 aromatic carbocycles. The predicted molar refractivity (Wildman–Crippen MR) is 167 cm³/mol. The molecule has 1 heteroatoms. The highest BCUT2D eigenvalue weighted by molar-refractivity contribution is 8.06. The second-order valence-corrected chi connectivity index (χ2v) is 13.4. The summed E-state index contributed by atoms with van der Waals surface area (Å²) in [6.45, 7) is 18.4. The van der Waals surface area contributed by atoms with Crippen LogP contribution in [0, 0.1) is 5.92 Å². The highest BCUT2D eigenvalue weighted by Gasteiger charge is 2.37. The van der Waals surface area contributed by atoms with Crippen molar-refractivity contribution in [2.45, 2.75) is 156 Å². The molecule has 0 saturated carbocycles. The Morgan fingerprint density at radius 3 is 2.03 bits per heavy atom. The predicted octanol–water partition coefficient (Wildman–Crippen LogP) is 12.4. The highest BCUT2D eigenvalue weighted by atomic mass is 32.2. The maximum absolute atomic E-state index is 2.52. The number of benzene rings is 1. The van der Waals surface area contributed by atoms with Gasteiger partial charge in [0.25, 0.3) is 0 Å². The van der Waals surface area contributed by atoms with Crippen molar-refractivity contribution in [2.75, 3.05) is 0 Å². The first-order valence-corrected chi connectivity index (χ1v) is 16.3. The van der Waals surface area contributed by atoms with Gasteiger partial charge in [-0.1, -0.05) is 137 Å². The molecule has 1 heterocycles. The summed E-state index contributed by atoms with van der Waals surface area (Å²) >= 11 is 1.99. The van der Waals surface area contributed by atoms with Crippen LogP contribution >= 0.6 is 11.8 Å². The first kappa shape index (κ1) is 31.3. The van der Waals surface area contributed by atoms with E-state index in [2.05, 4.69) is 71.2 Å². The lowest BCUT2D eigenvalue weighted by Crippen LogP contribution is -2.33. The third kappa shape index (κ3) is 9.11. The van der Waals surface area contributed by atoms with Gasteiger partial charge in [-0.25, -0.2) is 0 Å². The first-order valence-electron chi connectivity index (χ1n) is 15.5. The largest absolute Gasteiger partial charge is 0.103 e. The van der Waals surface area contributed by atoms with E-state index in [1.54, 1.807) is 16.0 Å². The number of rotatable bonds is 13. The quantitative estimate of drug-likeness (QED) is 0.238. The third-order valence-corrected chi connectivity index (χ3v) is 9.78. The van der Waals surface area contributed by atoms with Crippen molar-refractivity contribution in [3.05, 3.63) is 51.3 Å². The number of hydrogen-bond donors (Lipinski definition) is 0. The molecule has 1 unspecified atom stereocenters. The van der Waals surface area contributed by atoms with E-state index in [1.165, 1.54) is 94.6 Å². The average molecular weight is 511 g/mol. The van der Waals surface area contributed by atoms with Crippen LogP contribution in [0.1, 0.15) is 162 Å². The van der Waals surface area contributed by atoms with E-state index < -0.39 is 0 Å². The molecule has 1 aliphatic heterocycles. The Balaban J connectivity index is 0.00000222. The molecular weight excluding hydrogens is 452 g/mol. The van der Waals surface area contributed by atoms with Gasteiger partial charge in [0.15, 0.2) is 0 Å². The Hall–Kier alpha value is -0.950. The maximum Gasteiger partial charge on any atom is -0.00753 e. The van der Waals surface area contributed by atoms with Crippen LogP contribution in [0.25, 0.3) is 5.57 Å². The van der Waals surface area contributed by atoms with E-state index in [-0.39, 0.29) is 5.41 Å². The normalized spacial score (nSPS) is 18.9. The molecule has 2 aliphatic rings. The lowest BCUT2D eigenvalue weighted by molar-refractivity contribution is 0.332. The van der Waals surface area contributed by atoms with E-state index in [4.69, 9.17) is 0 Å². The molecule has 0 nitrogen and oxygen atoms in total. The van der Waals surface area contributed by atoms with Crippen LogP contribution in [-0.4, -0.2) is 0 Å². The second kappa shape index (κ2) is 15.5. The van der Waals surface area contributed by atoms with Crippen molar-refractivity contribution < 1.29 is 0 Å². The molecule has 0 radical (unpaired) electrons. The summed E-state index contributed by atoms with van der Waals surface area (Å²) in [5.41, 5.74) is 6.69. The van der Waals surface area contributed by atoms with Crippen molar-refractivity contribution in [1.82, 2.24) is 0 Å². The van der Waals surface area contributed by atoms with E-state index in [9.17, 15) is 0 Å². The average Bonchev–Trinajstić information content (AvgIpc) is 2.89. The number of unbranched alkanes of at least 4 members (excludes halogenated alkanes) is 5. The minimum Gasteiger partial charge on any atom is -0.103 e. The molecule has 0 N–H and O–H groups in total. The molecule has 1 aliphatic carbocycles. The van der Waals surface area contributed by atoms with Crippen LogP contribution in [0.5, 0.6) is 0 Å². The van der Waals surface area contributed by atoms with Gasteiger partial charge in [0, 0.05) is 0 Å². The fraction of sp³-hybridized carbons (Fsp3) is 0.714.